The number of carbonyl (C=O) groups is 2. The van der Waals surface area contributed by atoms with Crippen LogP contribution in [0.2, 0.25) is 0 Å². The first-order valence-electron chi connectivity index (χ1n) is 9.07. The Bertz CT molecular complexity index is 892. The highest BCUT2D eigenvalue weighted by atomic mass is 16.6. The van der Waals surface area contributed by atoms with Crippen molar-refractivity contribution in [1.29, 1.82) is 0 Å². The van der Waals surface area contributed by atoms with Crippen LogP contribution in [0.1, 0.15) is 23.5 Å². The van der Waals surface area contributed by atoms with E-state index in [1.165, 1.54) is 4.90 Å². The van der Waals surface area contributed by atoms with Gasteiger partial charge in [0, 0.05) is 12.3 Å². The molecule has 27 heavy (non-hydrogen) atoms. The lowest BCUT2D eigenvalue weighted by Gasteiger charge is -2.57. The lowest BCUT2D eigenvalue weighted by molar-refractivity contribution is -0.200. The molecule has 1 N–H and O–H groups in total. The van der Waals surface area contributed by atoms with Crippen molar-refractivity contribution >= 4 is 12.1 Å². The number of nitrogens with zero attached hydrogens (tertiary/aromatic N) is 1. The molecule has 2 unspecified atom stereocenters. The van der Waals surface area contributed by atoms with Gasteiger partial charge in [-0.1, -0.05) is 48.5 Å². The molecule has 2 aromatic rings. The minimum atomic E-state index is -1.27. The Morgan fingerprint density at radius 2 is 1.74 bits per heavy atom. The molecule has 2 bridgehead atoms. The molecule has 2 fully saturated rings. The Labute approximate surface area is 156 Å². The van der Waals surface area contributed by atoms with E-state index in [9.17, 15) is 14.7 Å². The average molecular weight is 365 g/mol. The molecule has 1 aliphatic carbocycles. The minimum Gasteiger partial charge on any atom is -0.479 e. The van der Waals surface area contributed by atoms with Crippen molar-refractivity contribution in [2.45, 2.75) is 23.9 Å². The van der Waals surface area contributed by atoms with Crippen LogP contribution in [0.15, 0.2) is 48.5 Å². The summed E-state index contributed by atoms with van der Waals surface area (Å²) in [5.74, 6) is -1.08. The molecule has 1 amide bonds. The van der Waals surface area contributed by atoms with Crippen molar-refractivity contribution in [3.63, 3.8) is 0 Å². The van der Waals surface area contributed by atoms with Crippen LogP contribution in [0, 0.1) is 0 Å². The quantitative estimate of drug-likeness (QED) is 0.905. The Morgan fingerprint density at radius 3 is 2.33 bits per heavy atom. The van der Waals surface area contributed by atoms with Crippen LogP contribution in [-0.2, 0) is 14.3 Å². The summed E-state index contributed by atoms with van der Waals surface area (Å²) < 4.78 is 10.9. The molecule has 0 radical (unpaired) electrons. The fraction of sp³-hybridized carbons (Fsp3) is 0.333. The fourth-order valence-electron chi connectivity index (χ4n) is 4.68. The Morgan fingerprint density at radius 1 is 1.11 bits per heavy atom. The Balaban J connectivity index is 1.38. The molecule has 0 spiro atoms. The van der Waals surface area contributed by atoms with E-state index >= 15 is 0 Å². The second-order valence-corrected chi connectivity index (χ2v) is 7.38. The first-order valence-corrected chi connectivity index (χ1v) is 9.07. The Kier molecular flexibility index (Phi) is 3.52. The molecule has 6 nitrogen and oxygen atoms in total. The van der Waals surface area contributed by atoms with Gasteiger partial charge in [0.2, 0.25) is 0 Å². The van der Waals surface area contributed by atoms with Crippen molar-refractivity contribution in [1.82, 2.24) is 4.90 Å². The number of benzene rings is 2. The maximum absolute atomic E-state index is 12.7. The predicted octanol–water partition coefficient (Wildman–Crippen LogP) is 2.86. The number of ether oxygens (including phenoxy) is 2. The SMILES string of the molecule is O=C(OCC1c2ccccc2-c2ccccc21)N1C2COCC1(C(=O)O)C2. The third kappa shape index (κ3) is 2.23. The second-order valence-electron chi connectivity index (χ2n) is 7.38. The van der Waals surface area contributed by atoms with E-state index in [-0.39, 0.29) is 25.2 Å². The number of hydrogen-bond donors (Lipinski definition) is 1. The van der Waals surface area contributed by atoms with Crippen LogP contribution < -0.4 is 0 Å². The normalized spacial score (nSPS) is 25.3. The summed E-state index contributed by atoms with van der Waals surface area (Å²) in [6.07, 6.45) is -0.147. The highest BCUT2D eigenvalue weighted by Gasteiger charge is 2.63. The summed E-state index contributed by atoms with van der Waals surface area (Å²) in [4.78, 5) is 25.8. The van der Waals surface area contributed by atoms with Crippen LogP contribution in [-0.4, -0.2) is 53.5 Å². The van der Waals surface area contributed by atoms with E-state index < -0.39 is 17.6 Å². The van der Waals surface area contributed by atoms with Crippen molar-refractivity contribution in [3.05, 3.63) is 59.7 Å². The summed E-state index contributed by atoms with van der Waals surface area (Å²) in [5, 5.41) is 9.57. The van der Waals surface area contributed by atoms with Gasteiger partial charge in [0.25, 0.3) is 0 Å². The zero-order valence-electron chi connectivity index (χ0n) is 14.6. The minimum absolute atomic E-state index is 0.0169. The summed E-state index contributed by atoms with van der Waals surface area (Å²) in [5.41, 5.74) is 3.31. The molecule has 5 rings (SSSR count). The maximum Gasteiger partial charge on any atom is 0.411 e. The van der Waals surface area contributed by atoms with Crippen molar-refractivity contribution in [2.24, 2.45) is 0 Å². The van der Waals surface area contributed by atoms with Crippen LogP contribution in [0.5, 0.6) is 0 Å². The van der Waals surface area contributed by atoms with Gasteiger partial charge in [-0.2, -0.15) is 0 Å². The van der Waals surface area contributed by atoms with Gasteiger partial charge in [0.15, 0.2) is 5.54 Å². The molecular weight excluding hydrogens is 346 g/mol. The van der Waals surface area contributed by atoms with Gasteiger partial charge in [-0.3, -0.25) is 4.90 Å². The van der Waals surface area contributed by atoms with Crippen LogP contribution in [0.3, 0.4) is 0 Å². The molecule has 0 saturated carbocycles. The zero-order valence-corrected chi connectivity index (χ0v) is 14.6. The lowest BCUT2D eigenvalue weighted by Crippen LogP contribution is -2.77. The van der Waals surface area contributed by atoms with E-state index in [1.807, 2.05) is 24.3 Å². The smallest absolute Gasteiger partial charge is 0.411 e. The number of hydrogen-bond acceptors (Lipinski definition) is 4. The first kappa shape index (κ1) is 16.3. The van der Waals surface area contributed by atoms with Crippen molar-refractivity contribution in [2.75, 3.05) is 19.8 Å². The monoisotopic (exact) mass is 365 g/mol. The standard InChI is InChI=1S/C21H19NO5/c23-19(24)21-9-13(10-26-12-21)22(21)20(25)27-11-18-16-7-3-1-5-14(16)15-6-2-4-8-17(15)18/h1-8,13,18H,9-12H2,(H,23,24). The number of amides is 1. The van der Waals surface area contributed by atoms with Gasteiger partial charge in [-0.15, -0.1) is 0 Å². The highest BCUT2D eigenvalue weighted by Crippen LogP contribution is 2.45. The highest BCUT2D eigenvalue weighted by molar-refractivity contribution is 5.87. The van der Waals surface area contributed by atoms with Crippen LogP contribution in [0.4, 0.5) is 4.79 Å². The van der Waals surface area contributed by atoms with E-state index in [2.05, 4.69) is 24.3 Å². The molecule has 2 heterocycles. The summed E-state index contributed by atoms with van der Waals surface area (Å²) in [7, 11) is 0. The predicted molar refractivity (Wildman–Crippen MR) is 96.5 cm³/mol. The number of carboxylic acid groups (broad SMARTS) is 1. The molecule has 2 aromatic carbocycles. The van der Waals surface area contributed by atoms with Gasteiger partial charge in [0.1, 0.15) is 6.61 Å². The van der Waals surface area contributed by atoms with E-state index in [1.54, 1.807) is 0 Å². The van der Waals surface area contributed by atoms with Crippen LogP contribution in [0.25, 0.3) is 11.1 Å². The molecule has 138 valence electrons. The largest absolute Gasteiger partial charge is 0.479 e. The van der Waals surface area contributed by atoms with Crippen molar-refractivity contribution < 1.29 is 24.2 Å². The van der Waals surface area contributed by atoms with Crippen LogP contribution >= 0.6 is 0 Å². The fourth-order valence-corrected chi connectivity index (χ4v) is 4.68. The number of carbonyl (C=O) groups excluding carboxylic acids is 1. The molecule has 6 heteroatoms. The molecular formula is C21H19NO5. The van der Waals surface area contributed by atoms with E-state index in [0.717, 1.165) is 22.3 Å². The zero-order chi connectivity index (χ0) is 18.6. The number of morpholine rings is 1. The second kappa shape index (κ2) is 5.82. The topological polar surface area (TPSA) is 76.1 Å². The van der Waals surface area contributed by atoms with Gasteiger partial charge in [0.05, 0.1) is 19.3 Å². The van der Waals surface area contributed by atoms with Gasteiger partial charge in [-0.05, 0) is 22.3 Å². The molecule has 3 aliphatic rings. The molecule has 0 aromatic heterocycles. The van der Waals surface area contributed by atoms with E-state index in [4.69, 9.17) is 9.47 Å². The Hall–Kier alpha value is -2.86. The molecule has 2 saturated heterocycles. The number of aliphatic carboxylic acids is 1. The first-order chi connectivity index (χ1) is 13.1. The summed E-state index contributed by atoms with van der Waals surface area (Å²) in [6.45, 7) is 0.564. The van der Waals surface area contributed by atoms with Gasteiger partial charge >= 0.3 is 12.1 Å². The average Bonchev–Trinajstić information content (AvgIpc) is 3.00. The van der Waals surface area contributed by atoms with Gasteiger partial charge < -0.3 is 14.6 Å². The van der Waals surface area contributed by atoms with Gasteiger partial charge in [-0.25, -0.2) is 9.59 Å². The molecule has 2 aliphatic heterocycles. The van der Waals surface area contributed by atoms with E-state index in [0.29, 0.717) is 13.0 Å². The number of carboxylic acids is 1. The summed E-state index contributed by atoms with van der Waals surface area (Å²) in [6, 6.07) is 16.0. The maximum atomic E-state index is 12.7. The lowest BCUT2D eigenvalue weighted by atomic mass is 9.77. The third-order valence-corrected chi connectivity index (χ3v) is 5.98. The third-order valence-electron chi connectivity index (χ3n) is 5.98. The number of rotatable bonds is 3. The molecule has 2 atom stereocenters. The van der Waals surface area contributed by atoms with Crippen molar-refractivity contribution in [3.8, 4) is 11.1 Å². The number of fused-ring (bicyclic) bond motifs is 5. The summed E-state index contributed by atoms with van der Waals surface area (Å²) >= 11 is 0.